The summed E-state index contributed by atoms with van der Waals surface area (Å²) in [5, 5.41) is 3.66. The Balaban J connectivity index is 2.49. The molecule has 0 radical (unpaired) electrons. The number of para-hydroxylation sites is 1. The van der Waals surface area contributed by atoms with E-state index in [0.29, 0.717) is 27.6 Å². The van der Waals surface area contributed by atoms with Crippen LogP contribution in [0.15, 0.2) is 36.4 Å². The number of carbonyl (C=O) groups excluding carboxylic acids is 1. The molecule has 0 fully saturated rings. The predicted molar refractivity (Wildman–Crippen MR) is 78.8 cm³/mol. The van der Waals surface area contributed by atoms with Gasteiger partial charge in [-0.25, -0.2) is 0 Å². The summed E-state index contributed by atoms with van der Waals surface area (Å²) in [6.07, 6.45) is 0. The molecule has 98 valence electrons. The standard InChI is InChI=1S/C14H14ClN3O/c1-8-4-2-7-11(12(8)15)18-13-9(14(17)19)5-3-6-10(13)16/h2-7,18H,16H2,1H3,(H2,17,19). The summed E-state index contributed by atoms with van der Waals surface area (Å²) in [6.45, 7) is 1.90. The summed E-state index contributed by atoms with van der Waals surface area (Å²) in [5.74, 6) is -0.543. The molecule has 0 heterocycles. The molecule has 2 aromatic rings. The molecule has 5 heteroatoms. The first-order valence-electron chi connectivity index (χ1n) is 5.71. The number of hydrogen-bond donors (Lipinski definition) is 3. The van der Waals surface area contributed by atoms with E-state index in [1.54, 1.807) is 18.2 Å². The van der Waals surface area contributed by atoms with E-state index < -0.39 is 5.91 Å². The van der Waals surface area contributed by atoms with Crippen LogP contribution in [0.25, 0.3) is 0 Å². The molecule has 0 aromatic heterocycles. The fourth-order valence-electron chi connectivity index (χ4n) is 1.79. The Hall–Kier alpha value is -2.20. The molecule has 1 amide bonds. The Morgan fingerprint density at radius 2 is 1.89 bits per heavy atom. The number of anilines is 3. The van der Waals surface area contributed by atoms with Crippen LogP contribution in [0.1, 0.15) is 15.9 Å². The summed E-state index contributed by atoms with van der Waals surface area (Å²) in [7, 11) is 0. The highest BCUT2D eigenvalue weighted by Gasteiger charge is 2.12. The summed E-state index contributed by atoms with van der Waals surface area (Å²) in [5.41, 5.74) is 14.1. The zero-order chi connectivity index (χ0) is 14.0. The minimum Gasteiger partial charge on any atom is -0.397 e. The van der Waals surface area contributed by atoms with Gasteiger partial charge in [-0.3, -0.25) is 4.79 Å². The lowest BCUT2D eigenvalue weighted by molar-refractivity contribution is 0.100. The Bertz CT molecular complexity index is 641. The van der Waals surface area contributed by atoms with Crippen LogP contribution in [-0.2, 0) is 0 Å². The third-order valence-electron chi connectivity index (χ3n) is 2.81. The van der Waals surface area contributed by atoms with Crippen LogP contribution in [0.5, 0.6) is 0 Å². The lowest BCUT2D eigenvalue weighted by Gasteiger charge is -2.14. The lowest BCUT2D eigenvalue weighted by Crippen LogP contribution is -2.14. The predicted octanol–water partition coefficient (Wildman–Crippen LogP) is 3.07. The van der Waals surface area contributed by atoms with Crippen molar-refractivity contribution in [2.75, 3.05) is 11.1 Å². The molecule has 2 aromatic carbocycles. The minimum absolute atomic E-state index is 0.331. The van der Waals surface area contributed by atoms with Gasteiger partial charge in [-0.1, -0.05) is 29.8 Å². The van der Waals surface area contributed by atoms with Crippen LogP contribution >= 0.6 is 11.6 Å². The SMILES string of the molecule is Cc1cccc(Nc2c(N)cccc2C(N)=O)c1Cl. The van der Waals surface area contributed by atoms with Crippen LogP contribution in [0.3, 0.4) is 0 Å². The highest BCUT2D eigenvalue weighted by atomic mass is 35.5. The number of rotatable bonds is 3. The number of nitrogen functional groups attached to an aromatic ring is 1. The van der Waals surface area contributed by atoms with E-state index in [-0.39, 0.29) is 0 Å². The zero-order valence-electron chi connectivity index (χ0n) is 10.4. The molecular weight excluding hydrogens is 262 g/mol. The van der Waals surface area contributed by atoms with Crippen molar-refractivity contribution >= 4 is 34.6 Å². The first kappa shape index (κ1) is 13.2. The third kappa shape index (κ3) is 2.63. The largest absolute Gasteiger partial charge is 0.397 e. The van der Waals surface area contributed by atoms with Gasteiger partial charge >= 0.3 is 0 Å². The van der Waals surface area contributed by atoms with E-state index in [4.69, 9.17) is 23.1 Å². The highest BCUT2D eigenvalue weighted by molar-refractivity contribution is 6.34. The van der Waals surface area contributed by atoms with Gasteiger partial charge in [0, 0.05) is 0 Å². The Morgan fingerprint density at radius 1 is 1.21 bits per heavy atom. The second-order valence-electron chi connectivity index (χ2n) is 4.20. The number of nitrogens with two attached hydrogens (primary N) is 2. The Labute approximate surface area is 116 Å². The van der Waals surface area contributed by atoms with E-state index in [0.717, 1.165) is 5.56 Å². The van der Waals surface area contributed by atoms with Crippen molar-refractivity contribution in [2.45, 2.75) is 6.92 Å². The second-order valence-corrected chi connectivity index (χ2v) is 4.57. The summed E-state index contributed by atoms with van der Waals surface area (Å²) >= 11 is 6.21. The second kappa shape index (κ2) is 5.20. The van der Waals surface area contributed by atoms with E-state index in [1.807, 2.05) is 25.1 Å². The zero-order valence-corrected chi connectivity index (χ0v) is 11.2. The molecule has 0 unspecified atom stereocenters. The van der Waals surface area contributed by atoms with Crippen molar-refractivity contribution in [3.05, 3.63) is 52.5 Å². The fraction of sp³-hybridized carbons (Fsp3) is 0.0714. The molecule has 4 nitrogen and oxygen atoms in total. The van der Waals surface area contributed by atoms with E-state index in [2.05, 4.69) is 5.32 Å². The average molecular weight is 276 g/mol. The van der Waals surface area contributed by atoms with Crippen molar-refractivity contribution in [2.24, 2.45) is 5.73 Å². The molecule has 0 atom stereocenters. The summed E-state index contributed by atoms with van der Waals surface area (Å²) < 4.78 is 0. The van der Waals surface area contributed by atoms with Crippen LogP contribution in [0.2, 0.25) is 5.02 Å². The summed E-state index contributed by atoms with van der Waals surface area (Å²) in [4.78, 5) is 11.4. The maximum absolute atomic E-state index is 11.4. The van der Waals surface area contributed by atoms with Crippen molar-refractivity contribution < 1.29 is 4.79 Å². The molecule has 0 aliphatic carbocycles. The number of nitrogens with one attached hydrogen (secondary N) is 1. The van der Waals surface area contributed by atoms with Gasteiger partial charge < -0.3 is 16.8 Å². The molecule has 0 spiro atoms. The van der Waals surface area contributed by atoms with Gasteiger partial charge in [-0.05, 0) is 30.7 Å². The monoisotopic (exact) mass is 275 g/mol. The topological polar surface area (TPSA) is 81.1 Å². The van der Waals surface area contributed by atoms with Crippen molar-refractivity contribution in [3.8, 4) is 0 Å². The van der Waals surface area contributed by atoms with E-state index in [9.17, 15) is 4.79 Å². The van der Waals surface area contributed by atoms with Gasteiger partial charge in [0.05, 0.1) is 27.6 Å². The van der Waals surface area contributed by atoms with E-state index in [1.165, 1.54) is 0 Å². The lowest BCUT2D eigenvalue weighted by atomic mass is 10.1. The number of benzene rings is 2. The van der Waals surface area contributed by atoms with Gasteiger partial charge in [0.15, 0.2) is 0 Å². The van der Waals surface area contributed by atoms with Crippen molar-refractivity contribution in [3.63, 3.8) is 0 Å². The fourth-order valence-corrected chi connectivity index (χ4v) is 1.97. The Morgan fingerprint density at radius 3 is 2.58 bits per heavy atom. The first-order valence-corrected chi connectivity index (χ1v) is 6.09. The molecule has 0 bridgehead atoms. The number of aryl methyl sites for hydroxylation is 1. The van der Waals surface area contributed by atoms with Gasteiger partial charge in [-0.15, -0.1) is 0 Å². The maximum Gasteiger partial charge on any atom is 0.250 e. The molecular formula is C14H14ClN3O. The normalized spacial score (nSPS) is 10.2. The van der Waals surface area contributed by atoms with Crippen LogP contribution in [0.4, 0.5) is 17.1 Å². The van der Waals surface area contributed by atoms with Crippen molar-refractivity contribution in [1.82, 2.24) is 0 Å². The maximum atomic E-state index is 11.4. The molecule has 5 N–H and O–H groups in total. The molecule has 19 heavy (non-hydrogen) atoms. The quantitative estimate of drug-likeness (QED) is 0.753. The van der Waals surface area contributed by atoms with Crippen LogP contribution in [-0.4, -0.2) is 5.91 Å². The van der Waals surface area contributed by atoms with E-state index >= 15 is 0 Å². The van der Waals surface area contributed by atoms with Gasteiger partial charge in [-0.2, -0.15) is 0 Å². The number of primary amides is 1. The number of carbonyl (C=O) groups is 1. The van der Waals surface area contributed by atoms with Crippen LogP contribution in [0, 0.1) is 6.92 Å². The number of hydrogen-bond acceptors (Lipinski definition) is 3. The molecule has 0 saturated carbocycles. The minimum atomic E-state index is -0.543. The molecule has 0 aliphatic heterocycles. The molecule has 0 aliphatic rings. The average Bonchev–Trinajstić information content (AvgIpc) is 2.36. The van der Waals surface area contributed by atoms with Gasteiger partial charge in [0.1, 0.15) is 0 Å². The summed E-state index contributed by atoms with van der Waals surface area (Å²) in [6, 6.07) is 10.6. The third-order valence-corrected chi connectivity index (χ3v) is 3.32. The van der Waals surface area contributed by atoms with Crippen LogP contribution < -0.4 is 16.8 Å². The number of halogens is 1. The number of amides is 1. The first-order chi connectivity index (χ1) is 9.00. The Kier molecular flexibility index (Phi) is 3.62. The van der Waals surface area contributed by atoms with Crippen molar-refractivity contribution in [1.29, 1.82) is 0 Å². The smallest absolute Gasteiger partial charge is 0.250 e. The molecule has 2 rings (SSSR count). The highest BCUT2D eigenvalue weighted by Crippen LogP contribution is 2.32. The van der Waals surface area contributed by atoms with Gasteiger partial charge in [0.2, 0.25) is 0 Å². The molecule has 0 saturated heterocycles. The van der Waals surface area contributed by atoms with Gasteiger partial charge in [0.25, 0.3) is 5.91 Å².